The Morgan fingerprint density at radius 3 is 1.43 bits per heavy atom. The van der Waals surface area contributed by atoms with Crippen LogP contribution >= 0.6 is 15.1 Å². The van der Waals surface area contributed by atoms with Crippen molar-refractivity contribution in [3.63, 3.8) is 0 Å². The molecule has 0 saturated carbocycles. The molecular formula is C21H22P2. The summed E-state index contributed by atoms with van der Waals surface area (Å²) < 4.78 is 0. The lowest BCUT2D eigenvalue weighted by Crippen LogP contribution is -2.27. The lowest BCUT2D eigenvalue weighted by atomic mass is 10.1. The summed E-state index contributed by atoms with van der Waals surface area (Å²) in [7, 11) is 4.31. The van der Waals surface area contributed by atoms with Gasteiger partial charge in [-0.1, -0.05) is 78.4 Å². The predicted molar refractivity (Wildman–Crippen MR) is 108 cm³/mol. The van der Waals surface area contributed by atoms with Gasteiger partial charge in [0.2, 0.25) is 0 Å². The van der Waals surface area contributed by atoms with E-state index in [4.69, 9.17) is 0 Å². The molecule has 0 aliphatic rings. The summed E-state index contributed by atoms with van der Waals surface area (Å²) in [6, 6.07) is 26.3. The Hall–Kier alpha value is -1.61. The fourth-order valence-electron chi connectivity index (χ4n) is 3.41. The van der Waals surface area contributed by atoms with Crippen LogP contribution in [0, 0.1) is 20.8 Å². The lowest BCUT2D eigenvalue weighted by Gasteiger charge is -2.29. The molecule has 0 N–H and O–H groups in total. The molecule has 0 aromatic heterocycles. The average Bonchev–Trinajstić information content (AvgIpc) is 2.55. The Bertz CT molecular complexity index is 798. The first-order valence-electron chi connectivity index (χ1n) is 7.87. The van der Waals surface area contributed by atoms with E-state index >= 15 is 0 Å². The third kappa shape index (κ3) is 2.94. The maximum atomic E-state index is 4.31. The molecule has 3 rings (SSSR count). The van der Waals surface area contributed by atoms with Crippen LogP contribution in [0.5, 0.6) is 0 Å². The fraction of sp³-hybridized carbons (Fsp3) is 0.143. The van der Waals surface area contributed by atoms with Crippen molar-refractivity contribution in [1.82, 2.24) is 0 Å². The van der Waals surface area contributed by atoms with E-state index in [1.165, 1.54) is 32.6 Å². The van der Waals surface area contributed by atoms with Crippen LogP contribution in [-0.4, -0.2) is 0 Å². The third-order valence-corrected chi connectivity index (χ3v) is 10.00. The molecule has 0 nitrogen and oxygen atoms in total. The number of aryl methyl sites for hydroxylation is 3. The van der Waals surface area contributed by atoms with Gasteiger partial charge in [-0.2, -0.15) is 0 Å². The Kier molecular flexibility index (Phi) is 4.58. The minimum atomic E-state index is -1.82. The van der Waals surface area contributed by atoms with Crippen molar-refractivity contribution in [2.45, 2.75) is 20.8 Å². The molecule has 0 heterocycles. The molecular weight excluding hydrogens is 314 g/mol. The van der Waals surface area contributed by atoms with Crippen molar-refractivity contribution in [1.29, 1.82) is 0 Å². The molecule has 0 radical (unpaired) electrons. The van der Waals surface area contributed by atoms with Crippen LogP contribution in [0.4, 0.5) is 0 Å². The van der Waals surface area contributed by atoms with E-state index in [1.54, 1.807) is 0 Å². The van der Waals surface area contributed by atoms with Crippen molar-refractivity contribution >= 4 is 31.0 Å². The summed E-state index contributed by atoms with van der Waals surface area (Å²) in [4.78, 5) is 0. The highest BCUT2D eigenvalue weighted by atomic mass is 31.8. The smallest absolute Gasteiger partial charge is 0.00379 e. The molecule has 3 aromatic carbocycles. The normalized spacial score (nSPS) is 11.4. The predicted octanol–water partition coefficient (Wildman–Crippen LogP) is 4.96. The Balaban J connectivity index is 2.38. The molecule has 116 valence electrons. The van der Waals surface area contributed by atoms with Gasteiger partial charge in [0.1, 0.15) is 0 Å². The molecule has 0 amide bonds. The van der Waals surface area contributed by atoms with Gasteiger partial charge in [0, 0.05) is 0 Å². The number of hydrogen-bond acceptors (Lipinski definition) is 0. The molecule has 0 fully saturated rings. The highest BCUT2D eigenvalue weighted by Gasteiger charge is 2.26. The van der Waals surface area contributed by atoms with Crippen LogP contribution in [0.15, 0.2) is 72.8 Å². The van der Waals surface area contributed by atoms with Crippen molar-refractivity contribution in [3.05, 3.63) is 89.5 Å². The first-order valence-corrected chi connectivity index (χ1v) is 11.0. The van der Waals surface area contributed by atoms with Crippen LogP contribution in [0.3, 0.4) is 0 Å². The molecule has 0 unspecified atom stereocenters. The second-order valence-electron chi connectivity index (χ2n) is 6.09. The van der Waals surface area contributed by atoms with Gasteiger partial charge in [-0.25, -0.2) is 0 Å². The van der Waals surface area contributed by atoms with Gasteiger partial charge in [0.05, 0.1) is 0 Å². The Morgan fingerprint density at radius 1 is 0.652 bits per heavy atom. The minimum Gasteiger partial charge on any atom is -0.112 e. The molecule has 2 heteroatoms. The highest BCUT2D eigenvalue weighted by Crippen LogP contribution is 2.49. The number of rotatable bonds is 3. The van der Waals surface area contributed by atoms with Crippen LogP contribution in [0.1, 0.15) is 16.7 Å². The number of benzene rings is 3. The lowest BCUT2D eigenvalue weighted by molar-refractivity contribution is 1.35. The van der Waals surface area contributed by atoms with E-state index < -0.39 is 6.55 Å². The van der Waals surface area contributed by atoms with Gasteiger partial charge in [-0.05, 0) is 54.4 Å². The standard InChI is InChI=1S/C21H22P2/c1-16-14-17(2)21(18(3)15-16)23(22,19-10-6-4-7-11-19)20-12-8-5-9-13-20/h4-15,22H,1-3H3. The summed E-state index contributed by atoms with van der Waals surface area (Å²) in [5.41, 5.74) is 4.04. The second-order valence-corrected chi connectivity index (χ2v) is 10.9. The van der Waals surface area contributed by atoms with Crippen molar-refractivity contribution in [2.24, 2.45) is 0 Å². The summed E-state index contributed by atoms with van der Waals surface area (Å²) in [5, 5.41) is 4.16. The summed E-state index contributed by atoms with van der Waals surface area (Å²) >= 11 is 0. The van der Waals surface area contributed by atoms with E-state index in [1.807, 2.05) is 0 Å². The molecule has 0 aliphatic carbocycles. The first-order chi connectivity index (χ1) is 11.0. The molecule has 0 atom stereocenters. The zero-order chi connectivity index (χ0) is 16.4. The summed E-state index contributed by atoms with van der Waals surface area (Å²) in [6.07, 6.45) is 0. The highest BCUT2D eigenvalue weighted by molar-refractivity contribution is 8.13. The molecule has 3 aromatic rings. The topological polar surface area (TPSA) is 0 Å². The fourth-order valence-corrected chi connectivity index (χ4v) is 8.60. The molecule has 0 spiro atoms. The monoisotopic (exact) mass is 336 g/mol. The van der Waals surface area contributed by atoms with E-state index in [0.29, 0.717) is 0 Å². The maximum Gasteiger partial charge on any atom is -0.00379 e. The van der Waals surface area contributed by atoms with Gasteiger partial charge in [-0.3, -0.25) is 0 Å². The molecule has 0 bridgehead atoms. The quantitative estimate of drug-likeness (QED) is 0.593. The van der Waals surface area contributed by atoms with Crippen molar-refractivity contribution in [3.8, 4) is 0 Å². The van der Waals surface area contributed by atoms with E-state index in [0.717, 1.165) is 0 Å². The van der Waals surface area contributed by atoms with E-state index in [9.17, 15) is 0 Å². The average molecular weight is 336 g/mol. The zero-order valence-corrected chi connectivity index (χ0v) is 15.8. The summed E-state index contributed by atoms with van der Waals surface area (Å²) in [5.74, 6) is 0. The molecule has 0 saturated heterocycles. The number of hydrogen-bond donors (Lipinski definition) is 0. The Morgan fingerprint density at radius 2 is 1.04 bits per heavy atom. The second kappa shape index (κ2) is 6.48. The molecule has 23 heavy (non-hydrogen) atoms. The van der Waals surface area contributed by atoms with Gasteiger partial charge < -0.3 is 0 Å². The first kappa shape index (κ1) is 16.3. The van der Waals surface area contributed by atoms with Crippen molar-refractivity contribution in [2.75, 3.05) is 0 Å². The van der Waals surface area contributed by atoms with E-state index in [2.05, 4.69) is 102 Å². The van der Waals surface area contributed by atoms with Crippen LogP contribution < -0.4 is 15.9 Å². The third-order valence-electron chi connectivity index (χ3n) is 4.26. The zero-order valence-electron chi connectivity index (χ0n) is 13.9. The minimum absolute atomic E-state index is 1.32. The van der Waals surface area contributed by atoms with Gasteiger partial charge >= 0.3 is 0 Å². The Labute approximate surface area is 141 Å². The summed E-state index contributed by atoms with van der Waals surface area (Å²) in [6.45, 7) is 4.82. The van der Waals surface area contributed by atoms with Gasteiger partial charge in [0.15, 0.2) is 0 Å². The van der Waals surface area contributed by atoms with Crippen molar-refractivity contribution < 1.29 is 0 Å². The molecule has 0 aliphatic heterocycles. The maximum absolute atomic E-state index is 4.31. The van der Waals surface area contributed by atoms with Crippen LogP contribution in [0.25, 0.3) is 0 Å². The van der Waals surface area contributed by atoms with Crippen LogP contribution in [-0.2, 0) is 0 Å². The SMILES string of the molecule is Cc1cc(C)c(P(=P)(c2ccccc2)c2ccccc2)c(C)c1. The van der Waals surface area contributed by atoms with Gasteiger partial charge in [-0.15, -0.1) is 8.53 Å². The van der Waals surface area contributed by atoms with E-state index in [-0.39, 0.29) is 0 Å². The van der Waals surface area contributed by atoms with Gasteiger partial charge in [0.25, 0.3) is 0 Å². The largest absolute Gasteiger partial charge is 0.112 e. The van der Waals surface area contributed by atoms with Crippen LogP contribution in [0.2, 0.25) is 0 Å².